The smallest absolute Gasteiger partial charge is 0.338 e. The molecule has 0 fully saturated rings. The van der Waals surface area contributed by atoms with Gasteiger partial charge < -0.3 is 19.5 Å². The van der Waals surface area contributed by atoms with Gasteiger partial charge in [-0.2, -0.15) is 0 Å². The molecule has 1 aromatic carbocycles. The summed E-state index contributed by atoms with van der Waals surface area (Å²) in [6.45, 7) is 2.17. The Morgan fingerprint density at radius 2 is 2.07 bits per heavy atom. The Morgan fingerprint density at radius 1 is 1.25 bits per heavy atom. The van der Waals surface area contributed by atoms with Crippen molar-refractivity contribution in [1.29, 1.82) is 0 Å². The summed E-state index contributed by atoms with van der Waals surface area (Å²) in [5, 5.41) is 7.30. The number of thiazole rings is 1. The SMILES string of the molecule is COCCNC(=O)NC(=O)COC(=O)c1cccc(OCc2csc(C)n2)c1. The zero-order valence-corrected chi connectivity index (χ0v) is 16.3. The number of benzene rings is 1. The molecule has 2 N–H and O–H groups in total. The molecule has 0 bridgehead atoms. The molecule has 0 spiro atoms. The van der Waals surface area contributed by atoms with Gasteiger partial charge in [0, 0.05) is 19.0 Å². The molecule has 0 aliphatic heterocycles. The molecule has 2 aromatic rings. The molecule has 3 amide bonds. The lowest BCUT2D eigenvalue weighted by molar-refractivity contribution is -0.123. The number of urea groups is 1. The summed E-state index contributed by atoms with van der Waals surface area (Å²) in [6, 6.07) is 5.70. The van der Waals surface area contributed by atoms with Crippen molar-refractivity contribution >= 4 is 29.2 Å². The lowest BCUT2D eigenvalue weighted by Gasteiger charge is -2.08. The second kappa shape index (κ2) is 11.0. The minimum absolute atomic E-state index is 0.226. The summed E-state index contributed by atoms with van der Waals surface area (Å²) >= 11 is 1.53. The molecule has 2 rings (SSSR count). The highest BCUT2D eigenvalue weighted by molar-refractivity contribution is 7.09. The Kier molecular flexibility index (Phi) is 8.37. The quantitative estimate of drug-likeness (QED) is 0.480. The number of nitrogens with one attached hydrogen (secondary N) is 2. The van der Waals surface area contributed by atoms with Crippen molar-refractivity contribution in [3.05, 3.63) is 45.9 Å². The van der Waals surface area contributed by atoms with Crippen molar-refractivity contribution in [3.63, 3.8) is 0 Å². The van der Waals surface area contributed by atoms with Gasteiger partial charge >= 0.3 is 12.0 Å². The first kappa shape index (κ1) is 21.3. The van der Waals surface area contributed by atoms with Gasteiger partial charge in [-0.25, -0.2) is 14.6 Å². The predicted octanol–water partition coefficient (Wildman–Crippen LogP) is 1.66. The van der Waals surface area contributed by atoms with Gasteiger partial charge in [0.05, 0.1) is 22.9 Å². The Labute approximate surface area is 166 Å². The van der Waals surface area contributed by atoms with Gasteiger partial charge in [0.15, 0.2) is 6.61 Å². The maximum atomic E-state index is 12.1. The molecule has 0 aliphatic carbocycles. The molecule has 1 heterocycles. The second-order valence-corrected chi connectivity index (χ2v) is 6.61. The fourth-order valence-electron chi connectivity index (χ4n) is 2.03. The molecule has 0 saturated carbocycles. The van der Waals surface area contributed by atoms with Crippen molar-refractivity contribution in [3.8, 4) is 5.75 Å². The predicted molar refractivity (Wildman–Crippen MR) is 101 cm³/mol. The van der Waals surface area contributed by atoms with E-state index in [0.29, 0.717) is 12.4 Å². The topological polar surface area (TPSA) is 116 Å². The number of amides is 3. The van der Waals surface area contributed by atoms with Crippen LogP contribution in [0.5, 0.6) is 5.75 Å². The monoisotopic (exact) mass is 407 g/mol. The average Bonchev–Trinajstić information content (AvgIpc) is 3.10. The number of aryl methyl sites for hydroxylation is 1. The second-order valence-electron chi connectivity index (χ2n) is 5.55. The van der Waals surface area contributed by atoms with E-state index in [9.17, 15) is 14.4 Å². The van der Waals surface area contributed by atoms with E-state index in [4.69, 9.17) is 14.2 Å². The van der Waals surface area contributed by atoms with E-state index in [2.05, 4.69) is 10.3 Å². The van der Waals surface area contributed by atoms with Crippen LogP contribution in [0.2, 0.25) is 0 Å². The van der Waals surface area contributed by atoms with E-state index in [1.54, 1.807) is 12.1 Å². The van der Waals surface area contributed by atoms with E-state index in [-0.39, 0.29) is 18.7 Å². The van der Waals surface area contributed by atoms with Crippen molar-refractivity contribution in [2.24, 2.45) is 0 Å². The first-order valence-corrected chi connectivity index (χ1v) is 9.23. The molecule has 0 radical (unpaired) electrons. The number of esters is 1. The number of nitrogens with zero attached hydrogens (tertiary/aromatic N) is 1. The van der Waals surface area contributed by atoms with Crippen LogP contribution < -0.4 is 15.4 Å². The molecule has 28 heavy (non-hydrogen) atoms. The van der Waals surface area contributed by atoms with Crippen LogP contribution in [0.15, 0.2) is 29.6 Å². The van der Waals surface area contributed by atoms with E-state index < -0.39 is 24.5 Å². The highest BCUT2D eigenvalue weighted by Gasteiger charge is 2.13. The third-order valence-corrected chi connectivity index (χ3v) is 4.12. The number of carbonyl (C=O) groups is 3. The standard InChI is InChI=1S/C18H21N3O6S/c1-12-20-14(11-28-12)9-26-15-5-3-4-13(8-15)17(23)27-10-16(22)21-18(24)19-6-7-25-2/h3-5,8,11H,6-7,9-10H2,1-2H3,(H2,19,21,22,24). The van der Waals surface area contributed by atoms with Gasteiger partial charge in [-0.05, 0) is 25.1 Å². The number of rotatable bonds is 9. The lowest BCUT2D eigenvalue weighted by Crippen LogP contribution is -2.42. The van der Waals surface area contributed by atoms with Gasteiger partial charge in [0.1, 0.15) is 12.4 Å². The average molecular weight is 407 g/mol. The van der Waals surface area contributed by atoms with Crippen LogP contribution in [0.4, 0.5) is 4.79 Å². The minimum Gasteiger partial charge on any atom is -0.487 e. The Hall–Kier alpha value is -2.98. The van der Waals surface area contributed by atoms with E-state index in [1.165, 1.54) is 30.6 Å². The van der Waals surface area contributed by atoms with Crippen molar-refractivity contribution in [2.45, 2.75) is 13.5 Å². The number of hydrogen-bond donors (Lipinski definition) is 2. The number of carbonyl (C=O) groups excluding carboxylic acids is 3. The first-order valence-electron chi connectivity index (χ1n) is 8.35. The van der Waals surface area contributed by atoms with Crippen LogP contribution in [0.25, 0.3) is 0 Å². The molecule has 0 saturated heterocycles. The number of methoxy groups -OCH3 is 1. The summed E-state index contributed by atoms with van der Waals surface area (Å²) < 4.78 is 15.3. The van der Waals surface area contributed by atoms with E-state index >= 15 is 0 Å². The zero-order chi connectivity index (χ0) is 20.4. The summed E-state index contributed by atoms with van der Waals surface area (Å²) in [6.07, 6.45) is 0. The van der Waals surface area contributed by atoms with E-state index in [0.717, 1.165) is 10.7 Å². The molecule has 1 aromatic heterocycles. The van der Waals surface area contributed by atoms with Gasteiger partial charge in [-0.1, -0.05) is 6.07 Å². The number of aromatic nitrogens is 1. The zero-order valence-electron chi connectivity index (χ0n) is 15.5. The molecule has 150 valence electrons. The van der Waals surface area contributed by atoms with Gasteiger partial charge in [0.25, 0.3) is 5.91 Å². The largest absolute Gasteiger partial charge is 0.487 e. The Balaban J connectivity index is 1.78. The van der Waals surface area contributed by atoms with Crippen LogP contribution in [0, 0.1) is 6.92 Å². The van der Waals surface area contributed by atoms with Crippen LogP contribution in [-0.4, -0.2) is 49.8 Å². The number of hydrogen-bond acceptors (Lipinski definition) is 8. The number of imide groups is 1. The fraction of sp³-hybridized carbons (Fsp3) is 0.333. The summed E-state index contributed by atoms with van der Waals surface area (Å²) in [5.41, 5.74) is 1.03. The highest BCUT2D eigenvalue weighted by atomic mass is 32.1. The molecule has 9 nitrogen and oxygen atoms in total. The minimum atomic E-state index is -0.741. The van der Waals surface area contributed by atoms with Gasteiger partial charge in [-0.15, -0.1) is 11.3 Å². The maximum absolute atomic E-state index is 12.1. The fourth-order valence-corrected chi connectivity index (χ4v) is 2.63. The number of ether oxygens (including phenoxy) is 3. The van der Waals surface area contributed by atoms with Crippen LogP contribution in [0.3, 0.4) is 0 Å². The van der Waals surface area contributed by atoms with Gasteiger partial charge in [-0.3, -0.25) is 10.1 Å². The third kappa shape index (κ3) is 7.33. The molecular formula is C18H21N3O6S. The van der Waals surface area contributed by atoms with Crippen molar-refractivity contribution < 1.29 is 28.6 Å². The molecular weight excluding hydrogens is 386 g/mol. The molecule has 0 aliphatic rings. The van der Waals surface area contributed by atoms with Crippen molar-refractivity contribution in [2.75, 3.05) is 26.9 Å². The maximum Gasteiger partial charge on any atom is 0.338 e. The summed E-state index contributed by atoms with van der Waals surface area (Å²) in [5.74, 6) is -0.971. The van der Waals surface area contributed by atoms with Crippen LogP contribution >= 0.6 is 11.3 Å². The summed E-state index contributed by atoms with van der Waals surface area (Å²) in [4.78, 5) is 39.4. The normalized spacial score (nSPS) is 10.2. The summed E-state index contributed by atoms with van der Waals surface area (Å²) in [7, 11) is 1.49. The van der Waals surface area contributed by atoms with Gasteiger partial charge in [0.2, 0.25) is 0 Å². The molecule has 10 heteroatoms. The van der Waals surface area contributed by atoms with Crippen LogP contribution in [-0.2, 0) is 20.9 Å². The van der Waals surface area contributed by atoms with Crippen molar-refractivity contribution in [1.82, 2.24) is 15.6 Å². The van der Waals surface area contributed by atoms with Crippen LogP contribution in [0.1, 0.15) is 21.1 Å². The lowest BCUT2D eigenvalue weighted by atomic mass is 10.2. The van der Waals surface area contributed by atoms with E-state index in [1.807, 2.05) is 17.6 Å². The highest BCUT2D eigenvalue weighted by Crippen LogP contribution is 2.17. The first-order chi connectivity index (χ1) is 13.5. The Bertz CT molecular complexity index is 823. The molecule has 0 unspecified atom stereocenters. The third-order valence-electron chi connectivity index (χ3n) is 3.30. The Morgan fingerprint density at radius 3 is 2.79 bits per heavy atom. The molecule has 0 atom stereocenters.